The Labute approximate surface area is 118 Å². The van der Waals surface area contributed by atoms with Gasteiger partial charge in [0.1, 0.15) is 5.75 Å². The van der Waals surface area contributed by atoms with Crippen LogP contribution in [0.15, 0.2) is 42.5 Å². The van der Waals surface area contributed by atoms with E-state index in [1.165, 1.54) is 0 Å². The number of methoxy groups -OCH3 is 1. The second-order valence-corrected chi connectivity index (χ2v) is 5.37. The van der Waals surface area contributed by atoms with Gasteiger partial charge in [0.15, 0.2) is 0 Å². The van der Waals surface area contributed by atoms with Gasteiger partial charge in [0.25, 0.3) is 0 Å². The van der Waals surface area contributed by atoms with Crippen LogP contribution in [0, 0.1) is 0 Å². The van der Waals surface area contributed by atoms with Crippen LogP contribution < -0.4 is 4.74 Å². The van der Waals surface area contributed by atoms with E-state index in [2.05, 4.69) is 0 Å². The molecule has 0 heterocycles. The van der Waals surface area contributed by atoms with Gasteiger partial charge in [-0.2, -0.15) is 0 Å². The lowest BCUT2D eigenvalue weighted by Gasteiger charge is -2.21. The summed E-state index contributed by atoms with van der Waals surface area (Å²) < 4.78 is 5.38. The first-order valence-electron chi connectivity index (χ1n) is 6.09. The quantitative estimate of drug-likeness (QED) is 0.908. The third-order valence-electron chi connectivity index (χ3n) is 3.04. The zero-order valence-corrected chi connectivity index (χ0v) is 12.0. The van der Waals surface area contributed by atoms with Gasteiger partial charge in [0.2, 0.25) is 0 Å². The molecule has 3 heteroatoms. The lowest BCUT2D eigenvalue weighted by molar-refractivity contribution is 0.0786. The normalized spacial score (nSPS) is 11.4. The minimum absolute atomic E-state index is 0.501. The molecular formula is C16H17ClO2. The van der Waals surface area contributed by atoms with Crippen LogP contribution in [-0.4, -0.2) is 12.2 Å². The molecule has 2 aromatic carbocycles. The van der Waals surface area contributed by atoms with E-state index in [1.807, 2.05) is 36.4 Å². The van der Waals surface area contributed by atoms with Crippen molar-refractivity contribution in [2.45, 2.75) is 19.4 Å². The number of benzene rings is 2. The number of halogens is 1. The van der Waals surface area contributed by atoms with Crippen LogP contribution >= 0.6 is 11.6 Å². The van der Waals surface area contributed by atoms with Crippen LogP contribution in [0.4, 0.5) is 0 Å². The lowest BCUT2D eigenvalue weighted by atomic mass is 9.93. The van der Waals surface area contributed by atoms with Gasteiger partial charge in [0, 0.05) is 5.56 Å². The highest BCUT2D eigenvalue weighted by Crippen LogP contribution is 2.39. The molecule has 0 saturated heterocycles. The average molecular weight is 277 g/mol. The molecular weight excluding hydrogens is 260 g/mol. The number of aliphatic hydroxyl groups is 1. The van der Waals surface area contributed by atoms with E-state index >= 15 is 0 Å². The van der Waals surface area contributed by atoms with Gasteiger partial charge in [-0.25, -0.2) is 0 Å². The topological polar surface area (TPSA) is 29.5 Å². The molecule has 0 spiro atoms. The van der Waals surface area contributed by atoms with Crippen LogP contribution in [0.2, 0.25) is 5.02 Å². The van der Waals surface area contributed by atoms with Crippen molar-refractivity contribution >= 4 is 11.6 Å². The van der Waals surface area contributed by atoms with Crippen molar-refractivity contribution in [2.75, 3.05) is 7.11 Å². The molecule has 0 radical (unpaired) electrons. The zero-order chi connectivity index (χ0) is 14.0. The van der Waals surface area contributed by atoms with Crippen LogP contribution in [0.1, 0.15) is 19.4 Å². The maximum Gasteiger partial charge on any atom is 0.145 e. The van der Waals surface area contributed by atoms with Crippen molar-refractivity contribution in [2.24, 2.45) is 0 Å². The highest BCUT2D eigenvalue weighted by Gasteiger charge is 2.20. The van der Waals surface area contributed by atoms with E-state index in [9.17, 15) is 5.11 Å². The standard InChI is InChI=1S/C16H17ClO2/c1-16(2,18)12-9-13(11-7-5-4-6-8-11)15(19-3)14(17)10-12/h4-10,18H,1-3H3. The van der Waals surface area contributed by atoms with Crippen LogP contribution in [0.3, 0.4) is 0 Å². The van der Waals surface area contributed by atoms with Crippen molar-refractivity contribution in [1.29, 1.82) is 0 Å². The molecule has 0 unspecified atom stereocenters. The summed E-state index contributed by atoms with van der Waals surface area (Å²) in [7, 11) is 1.59. The van der Waals surface area contributed by atoms with Gasteiger partial charge in [-0.1, -0.05) is 41.9 Å². The van der Waals surface area contributed by atoms with Crippen molar-refractivity contribution in [3.05, 3.63) is 53.1 Å². The van der Waals surface area contributed by atoms with Crippen molar-refractivity contribution < 1.29 is 9.84 Å². The molecule has 0 amide bonds. The summed E-state index contributed by atoms with van der Waals surface area (Å²) in [4.78, 5) is 0. The Hall–Kier alpha value is -1.51. The smallest absolute Gasteiger partial charge is 0.145 e. The van der Waals surface area contributed by atoms with Gasteiger partial charge < -0.3 is 9.84 Å². The number of rotatable bonds is 3. The molecule has 0 aliphatic carbocycles. The predicted molar refractivity (Wildman–Crippen MR) is 78.7 cm³/mol. The molecule has 0 bridgehead atoms. The molecule has 2 aromatic rings. The Morgan fingerprint density at radius 3 is 2.26 bits per heavy atom. The first-order valence-corrected chi connectivity index (χ1v) is 6.47. The summed E-state index contributed by atoms with van der Waals surface area (Å²) in [6, 6.07) is 13.5. The molecule has 0 aromatic heterocycles. The Balaban J connectivity index is 2.67. The Morgan fingerprint density at radius 2 is 1.74 bits per heavy atom. The van der Waals surface area contributed by atoms with E-state index in [1.54, 1.807) is 27.0 Å². The zero-order valence-electron chi connectivity index (χ0n) is 11.3. The number of hydrogen-bond acceptors (Lipinski definition) is 2. The fourth-order valence-electron chi connectivity index (χ4n) is 1.99. The number of ether oxygens (including phenoxy) is 1. The van der Waals surface area contributed by atoms with Crippen molar-refractivity contribution in [3.8, 4) is 16.9 Å². The monoisotopic (exact) mass is 276 g/mol. The Morgan fingerprint density at radius 1 is 1.11 bits per heavy atom. The second-order valence-electron chi connectivity index (χ2n) is 4.96. The maximum atomic E-state index is 10.1. The Bertz CT molecular complexity index is 571. The largest absolute Gasteiger partial charge is 0.495 e. The molecule has 0 aliphatic heterocycles. The molecule has 0 saturated carbocycles. The molecule has 0 aliphatic rings. The lowest BCUT2D eigenvalue weighted by Crippen LogP contribution is -2.15. The molecule has 2 rings (SSSR count). The predicted octanol–water partition coefficient (Wildman–Crippen LogP) is 4.24. The first-order chi connectivity index (χ1) is 8.93. The van der Waals surface area contributed by atoms with E-state index < -0.39 is 5.60 Å². The summed E-state index contributed by atoms with van der Waals surface area (Å²) in [5, 5.41) is 10.6. The van der Waals surface area contributed by atoms with Crippen LogP contribution in [0.5, 0.6) is 5.75 Å². The summed E-state index contributed by atoms with van der Waals surface area (Å²) >= 11 is 6.25. The molecule has 0 fully saturated rings. The van der Waals surface area contributed by atoms with E-state index in [4.69, 9.17) is 16.3 Å². The highest BCUT2D eigenvalue weighted by molar-refractivity contribution is 6.32. The third kappa shape index (κ3) is 2.91. The fraction of sp³-hybridized carbons (Fsp3) is 0.250. The van der Waals surface area contributed by atoms with E-state index in [0.29, 0.717) is 10.8 Å². The van der Waals surface area contributed by atoms with Crippen molar-refractivity contribution in [3.63, 3.8) is 0 Å². The summed E-state index contributed by atoms with van der Waals surface area (Å²) in [5.74, 6) is 0.626. The highest BCUT2D eigenvalue weighted by atomic mass is 35.5. The van der Waals surface area contributed by atoms with Gasteiger partial charge in [-0.05, 0) is 37.1 Å². The van der Waals surface area contributed by atoms with E-state index in [-0.39, 0.29) is 0 Å². The van der Waals surface area contributed by atoms with Gasteiger partial charge in [0.05, 0.1) is 17.7 Å². The summed E-state index contributed by atoms with van der Waals surface area (Å²) in [6.45, 7) is 3.47. The van der Waals surface area contributed by atoms with Crippen LogP contribution in [-0.2, 0) is 5.60 Å². The first kappa shape index (κ1) is 13.9. The SMILES string of the molecule is COc1c(Cl)cc(C(C)(C)O)cc1-c1ccccc1. The molecule has 0 atom stereocenters. The van der Waals surface area contributed by atoms with Gasteiger partial charge in [-0.15, -0.1) is 0 Å². The van der Waals surface area contributed by atoms with E-state index in [0.717, 1.165) is 16.7 Å². The molecule has 2 nitrogen and oxygen atoms in total. The molecule has 19 heavy (non-hydrogen) atoms. The minimum atomic E-state index is -0.945. The van der Waals surface area contributed by atoms with Crippen molar-refractivity contribution in [1.82, 2.24) is 0 Å². The van der Waals surface area contributed by atoms with Gasteiger partial charge >= 0.3 is 0 Å². The van der Waals surface area contributed by atoms with Crippen LogP contribution in [0.25, 0.3) is 11.1 Å². The summed E-state index contributed by atoms with van der Waals surface area (Å²) in [6.07, 6.45) is 0. The van der Waals surface area contributed by atoms with Gasteiger partial charge in [-0.3, -0.25) is 0 Å². The average Bonchev–Trinajstić information content (AvgIpc) is 2.37. The third-order valence-corrected chi connectivity index (χ3v) is 3.32. The fourth-order valence-corrected chi connectivity index (χ4v) is 2.28. The number of hydrogen-bond donors (Lipinski definition) is 1. The second kappa shape index (κ2) is 5.24. The Kier molecular flexibility index (Phi) is 3.83. The molecule has 1 N–H and O–H groups in total. The maximum absolute atomic E-state index is 10.1. The molecule has 100 valence electrons. The minimum Gasteiger partial charge on any atom is -0.495 e. The summed E-state index contributed by atoms with van der Waals surface area (Å²) in [5.41, 5.74) is 1.71.